The van der Waals surface area contributed by atoms with Crippen molar-refractivity contribution in [1.82, 2.24) is 0 Å². The summed E-state index contributed by atoms with van der Waals surface area (Å²) in [6.07, 6.45) is 11.6. The second-order valence-electron chi connectivity index (χ2n) is 9.17. The number of hydrogen-bond acceptors (Lipinski definition) is 5. The van der Waals surface area contributed by atoms with E-state index in [9.17, 15) is 14.4 Å². The van der Waals surface area contributed by atoms with Gasteiger partial charge in [0.15, 0.2) is 0 Å². The van der Waals surface area contributed by atoms with Crippen LogP contribution in [0.1, 0.15) is 91.8 Å². The Morgan fingerprint density at radius 1 is 0.857 bits per heavy atom. The van der Waals surface area contributed by atoms with Gasteiger partial charge in [-0.2, -0.15) is 0 Å². The summed E-state index contributed by atoms with van der Waals surface area (Å²) >= 11 is 11.7. The highest BCUT2D eigenvalue weighted by Gasteiger charge is 2.28. The molecule has 1 saturated carbocycles. The summed E-state index contributed by atoms with van der Waals surface area (Å²) in [5.74, 6) is 0.265. The van der Waals surface area contributed by atoms with Crippen LogP contribution in [-0.2, 0) is 4.79 Å². The van der Waals surface area contributed by atoms with Gasteiger partial charge in [-0.3, -0.25) is 9.59 Å². The normalized spacial score (nSPS) is 17.6. The van der Waals surface area contributed by atoms with Crippen molar-refractivity contribution in [3.8, 4) is 11.5 Å². The van der Waals surface area contributed by atoms with Crippen LogP contribution in [0.15, 0.2) is 42.5 Å². The van der Waals surface area contributed by atoms with Crippen LogP contribution in [0.2, 0.25) is 5.02 Å². The number of benzene rings is 2. The van der Waals surface area contributed by atoms with Gasteiger partial charge in [0.1, 0.15) is 11.5 Å². The minimum atomic E-state index is -0.661. The molecule has 0 atom stereocenters. The van der Waals surface area contributed by atoms with Crippen LogP contribution in [0.5, 0.6) is 11.5 Å². The average molecular weight is 519 g/mol. The van der Waals surface area contributed by atoms with Crippen LogP contribution >= 0.6 is 23.2 Å². The van der Waals surface area contributed by atoms with Crippen LogP contribution < -0.4 is 9.47 Å². The molecule has 0 amide bonds. The Hall–Kier alpha value is -2.37. The molecule has 0 aliphatic heterocycles. The molecule has 2 aromatic rings. The molecule has 188 valence electrons. The zero-order valence-corrected chi connectivity index (χ0v) is 21.6. The van der Waals surface area contributed by atoms with Gasteiger partial charge < -0.3 is 9.47 Å². The summed E-state index contributed by atoms with van der Waals surface area (Å²) < 4.78 is 10.9. The van der Waals surface area contributed by atoms with Gasteiger partial charge in [0.05, 0.1) is 16.5 Å². The Labute approximate surface area is 217 Å². The van der Waals surface area contributed by atoms with Crippen molar-refractivity contribution < 1.29 is 23.9 Å². The molecular formula is C28H32Cl2O5. The first-order valence-corrected chi connectivity index (χ1v) is 13.2. The first kappa shape index (κ1) is 27.2. The average Bonchev–Trinajstić information content (AvgIpc) is 2.84. The van der Waals surface area contributed by atoms with E-state index < -0.39 is 11.2 Å². The molecule has 5 nitrogen and oxygen atoms in total. The van der Waals surface area contributed by atoms with Gasteiger partial charge in [0.25, 0.3) is 5.24 Å². The Kier molecular flexibility index (Phi) is 10.6. The van der Waals surface area contributed by atoms with E-state index >= 15 is 0 Å². The van der Waals surface area contributed by atoms with E-state index in [1.165, 1.54) is 81.0 Å². The van der Waals surface area contributed by atoms with Gasteiger partial charge in [-0.15, -0.1) is 0 Å². The van der Waals surface area contributed by atoms with Crippen molar-refractivity contribution in [3.05, 3.63) is 58.6 Å². The van der Waals surface area contributed by atoms with Crippen LogP contribution in [-0.4, -0.2) is 17.2 Å². The van der Waals surface area contributed by atoms with E-state index in [2.05, 4.69) is 6.92 Å². The molecule has 0 radical (unpaired) electrons. The number of ether oxygens (including phenoxy) is 2. The van der Waals surface area contributed by atoms with Gasteiger partial charge in [0, 0.05) is 11.6 Å². The van der Waals surface area contributed by atoms with Crippen molar-refractivity contribution in [3.63, 3.8) is 0 Å². The lowest BCUT2D eigenvalue weighted by molar-refractivity contribution is -0.140. The third-order valence-corrected chi connectivity index (χ3v) is 7.10. The summed E-state index contributed by atoms with van der Waals surface area (Å²) in [4.78, 5) is 36.3. The Morgan fingerprint density at radius 2 is 1.51 bits per heavy atom. The first-order valence-electron chi connectivity index (χ1n) is 12.4. The number of unbranched alkanes of at least 4 members (excludes halogenated alkanes) is 4. The quantitative estimate of drug-likeness (QED) is 0.130. The first-order chi connectivity index (χ1) is 16.9. The Balaban J connectivity index is 1.47. The minimum absolute atomic E-state index is 0.0994. The fourth-order valence-electron chi connectivity index (χ4n) is 4.46. The smallest absolute Gasteiger partial charge is 0.345 e. The predicted molar refractivity (Wildman–Crippen MR) is 137 cm³/mol. The maximum absolute atomic E-state index is 12.7. The molecule has 0 spiro atoms. The van der Waals surface area contributed by atoms with Crippen molar-refractivity contribution in [1.29, 1.82) is 0 Å². The van der Waals surface area contributed by atoms with Crippen molar-refractivity contribution in [2.24, 2.45) is 11.8 Å². The molecule has 0 unspecified atom stereocenters. The molecule has 0 bridgehead atoms. The minimum Gasteiger partial charge on any atom is -0.426 e. The lowest BCUT2D eigenvalue weighted by atomic mass is 9.80. The third-order valence-electron chi connectivity index (χ3n) is 6.57. The van der Waals surface area contributed by atoms with E-state index in [0.29, 0.717) is 17.2 Å². The largest absolute Gasteiger partial charge is 0.426 e. The lowest BCUT2D eigenvalue weighted by Gasteiger charge is -2.27. The molecule has 0 saturated heterocycles. The van der Waals surface area contributed by atoms with Gasteiger partial charge >= 0.3 is 11.9 Å². The number of carbonyl (C=O) groups is 3. The molecule has 0 heterocycles. The zero-order chi connectivity index (χ0) is 25.2. The van der Waals surface area contributed by atoms with Crippen LogP contribution in [0.3, 0.4) is 0 Å². The molecule has 7 heteroatoms. The van der Waals surface area contributed by atoms with Crippen molar-refractivity contribution >= 4 is 40.4 Å². The molecular weight excluding hydrogens is 487 g/mol. The molecule has 0 N–H and O–H groups in total. The molecule has 2 aromatic carbocycles. The Bertz CT molecular complexity index is 1010. The monoisotopic (exact) mass is 518 g/mol. The highest BCUT2D eigenvalue weighted by Crippen LogP contribution is 2.33. The molecule has 1 aliphatic rings. The summed E-state index contributed by atoms with van der Waals surface area (Å²) in [5, 5.41) is -0.471. The zero-order valence-electron chi connectivity index (χ0n) is 20.1. The second kappa shape index (κ2) is 13.6. The SMILES string of the molecule is CCCCCCCC1CCC(C(=O)Oc2ccc(C(=O)Oc3ccc(C(=O)Cl)cc3)c(Cl)c2)CC1. The fraction of sp³-hybridized carbons (Fsp3) is 0.464. The standard InChI is InChI=1S/C28H32Cl2O5/c1-2-3-4-5-6-7-19-8-10-21(11-9-19)27(32)35-23-16-17-24(25(29)18-23)28(33)34-22-14-12-20(13-15-22)26(30)31/h12-19,21H,2-11H2,1H3. The molecule has 0 aromatic heterocycles. The van der Waals surface area contributed by atoms with E-state index in [4.69, 9.17) is 32.7 Å². The number of carbonyl (C=O) groups excluding carboxylic acids is 3. The number of rotatable bonds is 11. The van der Waals surface area contributed by atoms with E-state index in [-0.39, 0.29) is 28.2 Å². The fourth-order valence-corrected chi connectivity index (χ4v) is 4.84. The second-order valence-corrected chi connectivity index (χ2v) is 9.92. The molecule has 3 rings (SSSR count). The number of esters is 2. The summed E-state index contributed by atoms with van der Waals surface area (Å²) in [6, 6.07) is 10.3. The van der Waals surface area contributed by atoms with Gasteiger partial charge in [-0.25, -0.2) is 4.79 Å². The van der Waals surface area contributed by atoms with Gasteiger partial charge in [-0.1, -0.05) is 57.0 Å². The highest BCUT2D eigenvalue weighted by atomic mass is 35.5. The van der Waals surface area contributed by atoms with Gasteiger partial charge in [-0.05, 0) is 79.6 Å². The van der Waals surface area contributed by atoms with Crippen LogP contribution in [0, 0.1) is 11.8 Å². The van der Waals surface area contributed by atoms with E-state index in [1.807, 2.05) is 0 Å². The number of halogens is 2. The Morgan fingerprint density at radius 3 is 2.14 bits per heavy atom. The van der Waals surface area contributed by atoms with Crippen molar-refractivity contribution in [2.75, 3.05) is 0 Å². The topological polar surface area (TPSA) is 69.7 Å². The van der Waals surface area contributed by atoms with E-state index in [1.54, 1.807) is 0 Å². The molecule has 1 fully saturated rings. The summed E-state index contributed by atoms with van der Waals surface area (Å²) in [5.41, 5.74) is 0.440. The van der Waals surface area contributed by atoms with Crippen molar-refractivity contribution in [2.45, 2.75) is 71.1 Å². The van der Waals surface area contributed by atoms with Crippen LogP contribution in [0.25, 0.3) is 0 Å². The molecule has 35 heavy (non-hydrogen) atoms. The van der Waals surface area contributed by atoms with Crippen LogP contribution in [0.4, 0.5) is 0 Å². The maximum Gasteiger partial charge on any atom is 0.345 e. The third kappa shape index (κ3) is 8.36. The van der Waals surface area contributed by atoms with E-state index in [0.717, 1.165) is 25.7 Å². The maximum atomic E-state index is 12.7. The highest BCUT2D eigenvalue weighted by molar-refractivity contribution is 6.67. The summed E-state index contributed by atoms with van der Waals surface area (Å²) in [7, 11) is 0. The lowest BCUT2D eigenvalue weighted by Crippen LogP contribution is -2.25. The molecule has 1 aliphatic carbocycles. The number of hydrogen-bond donors (Lipinski definition) is 0. The summed E-state index contributed by atoms with van der Waals surface area (Å²) in [6.45, 7) is 2.23. The van der Waals surface area contributed by atoms with Gasteiger partial charge in [0.2, 0.25) is 0 Å². The predicted octanol–water partition coefficient (Wildman–Crippen LogP) is 8.01.